The third-order valence-electron chi connectivity index (χ3n) is 2.45. The average molecular weight is 239 g/mol. The van der Waals surface area contributed by atoms with Crippen molar-refractivity contribution in [2.45, 2.75) is 18.9 Å². The quantitative estimate of drug-likeness (QED) is 0.688. The van der Waals surface area contributed by atoms with Gasteiger partial charge in [-0.3, -0.25) is 0 Å². The number of hydrogen-bond donors (Lipinski definition) is 3. The largest absolute Gasteiger partial charge is 0.507 e. The lowest BCUT2D eigenvalue weighted by Gasteiger charge is -2.15. The fraction of sp³-hybridized carbons (Fsp3) is 0.250. The lowest BCUT2D eigenvalue weighted by atomic mass is 9.98. The highest BCUT2D eigenvalue weighted by atomic mass is 19.1. The maximum Gasteiger partial charge on any atom is 0.339 e. The van der Waals surface area contributed by atoms with Crippen LogP contribution in [0.25, 0.3) is 0 Å². The van der Waals surface area contributed by atoms with E-state index in [2.05, 4.69) is 6.58 Å². The first kappa shape index (κ1) is 13.2. The summed E-state index contributed by atoms with van der Waals surface area (Å²) in [4.78, 5) is 10.8. The van der Waals surface area contributed by atoms with Crippen LogP contribution in [0.5, 0.6) is 5.75 Å². The number of nitrogens with two attached hydrogens (primary N) is 1. The molecule has 0 amide bonds. The van der Waals surface area contributed by atoms with Crippen molar-refractivity contribution in [2.24, 2.45) is 5.73 Å². The van der Waals surface area contributed by atoms with Gasteiger partial charge < -0.3 is 15.9 Å². The summed E-state index contributed by atoms with van der Waals surface area (Å²) in [6, 6.07) is 1.25. The average Bonchev–Trinajstić information content (AvgIpc) is 2.25. The molecule has 92 valence electrons. The van der Waals surface area contributed by atoms with Crippen LogP contribution in [-0.4, -0.2) is 16.2 Å². The highest BCUT2D eigenvalue weighted by molar-refractivity contribution is 5.91. The summed E-state index contributed by atoms with van der Waals surface area (Å²) in [5.41, 5.74) is 5.20. The number of aromatic hydroxyl groups is 1. The van der Waals surface area contributed by atoms with Crippen LogP contribution in [0.2, 0.25) is 0 Å². The van der Waals surface area contributed by atoms with E-state index < -0.39 is 23.6 Å². The van der Waals surface area contributed by atoms with E-state index >= 15 is 0 Å². The molecule has 0 aliphatic heterocycles. The lowest BCUT2D eigenvalue weighted by Crippen LogP contribution is -2.13. The molecule has 0 bridgehead atoms. The van der Waals surface area contributed by atoms with Gasteiger partial charge in [0, 0.05) is 11.6 Å². The summed E-state index contributed by atoms with van der Waals surface area (Å²) in [6.07, 6.45) is 2.56. The van der Waals surface area contributed by atoms with E-state index in [1.165, 1.54) is 0 Å². The van der Waals surface area contributed by atoms with Gasteiger partial charge in [-0.05, 0) is 25.0 Å². The van der Waals surface area contributed by atoms with E-state index in [9.17, 15) is 14.3 Å². The number of phenols is 1. The minimum absolute atomic E-state index is 0.160. The van der Waals surface area contributed by atoms with Crippen molar-refractivity contribution in [3.05, 3.63) is 41.7 Å². The molecule has 0 saturated heterocycles. The molecule has 1 rings (SSSR count). The van der Waals surface area contributed by atoms with Gasteiger partial charge in [-0.1, -0.05) is 6.08 Å². The van der Waals surface area contributed by atoms with Gasteiger partial charge >= 0.3 is 5.97 Å². The zero-order valence-electron chi connectivity index (χ0n) is 9.19. The van der Waals surface area contributed by atoms with E-state index in [4.69, 9.17) is 10.8 Å². The van der Waals surface area contributed by atoms with Gasteiger partial charge in [0.05, 0.1) is 0 Å². The van der Waals surface area contributed by atoms with Gasteiger partial charge in [0.2, 0.25) is 0 Å². The van der Waals surface area contributed by atoms with Crippen molar-refractivity contribution < 1.29 is 19.4 Å². The molecule has 0 aliphatic rings. The first-order valence-electron chi connectivity index (χ1n) is 5.10. The van der Waals surface area contributed by atoms with Gasteiger partial charge in [-0.15, -0.1) is 6.58 Å². The molecule has 1 aromatic rings. The second-order valence-electron chi connectivity index (χ2n) is 3.63. The molecule has 5 heteroatoms. The molecule has 0 saturated carbocycles. The van der Waals surface area contributed by atoms with Crippen LogP contribution in [0, 0.1) is 5.82 Å². The lowest BCUT2D eigenvalue weighted by molar-refractivity contribution is 0.0693. The smallest absolute Gasteiger partial charge is 0.339 e. The molecular weight excluding hydrogens is 225 g/mol. The predicted molar refractivity (Wildman–Crippen MR) is 61.4 cm³/mol. The Balaban J connectivity index is 3.17. The molecule has 4 N–H and O–H groups in total. The number of hydrogen-bond acceptors (Lipinski definition) is 3. The minimum atomic E-state index is -1.32. The maximum absolute atomic E-state index is 13.5. The van der Waals surface area contributed by atoms with Crippen LogP contribution in [-0.2, 0) is 0 Å². The Morgan fingerprint density at radius 1 is 1.59 bits per heavy atom. The fourth-order valence-corrected chi connectivity index (χ4v) is 1.55. The van der Waals surface area contributed by atoms with Gasteiger partial charge in [-0.25, -0.2) is 9.18 Å². The van der Waals surface area contributed by atoms with Crippen LogP contribution in [0.4, 0.5) is 4.39 Å². The van der Waals surface area contributed by atoms with Crippen LogP contribution >= 0.6 is 0 Å². The Labute approximate surface area is 98.2 Å². The molecule has 0 heterocycles. The first-order chi connectivity index (χ1) is 7.99. The normalized spacial score (nSPS) is 12.1. The maximum atomic E-state index is 13.5. The second kappa shape index (κ2) is 5.45. The van der Waals surface area contributed by atoms with E-state index in [0.29, 0.717) is 12.8 Å². The SMILES string of the molecule is C=CCC[C@@H](N)c1c(F)ccc(C(=O)O)c1O. The third kappa shape index (κ3) is 2.82. The van der Waals surface area contributed by atoms with Crippen LogP contribution in [0.15, 0.2) is 24.8 Å². The molecular formula is C12H14FNO3. The highest BCUT2D eigenvalue weighted by Gasteiger charge is 2.21. The summed E-state index contributed by atoms with van der Waals surface area (Å²) in [6.45, 7) is 3.51. The van der Waals surface area contributed by atoms with Gasteiger partial charge in [0.1, 0.15) is 17.1 Å². The Morgan fingerprint density at radius 2 is 2.24 bits per heavy atom. The number of carboxylic acids is 1. The van der Waals surface area contributed by atoms with Gasteiger partial charge in [0.15, 0.2) is 0 Å². The Hall–Kier alpha value is -1.88. The number of benzene rings is 1. The van der Waals surface area contributed by atoms with Gasteiger partial charge in [0.25, 0.3) is 0 Å². The molecule has 0 spiro atoms. The van der Waals surface area contributed by atoms with Crippen molar-refractivity contribution in [3.8, 4) is 5.75 Å². The summed E-state index contributed by atoms with van der Waals surface area (Å²) in [7, 11) is 0. The fourth-order valence-electron chi connectivity index (χ4n) is 1.55. The number of aromatic carboxylic acids is 1. The van der Waals surface area contributed by atoms with Crippen molar-refractivity contribution >= 4 is 5.97 Å². The topological polar surface area (TPSA) is 83.6 Å². The number of carboxylic acid groups (broad SMARTS) is 1. The second-order valence-corrected chi connectivity index (χ2v) is 3.63. The molecule has 0 aliphatic carbocycles. The molecule has 1 aromatic carbocycles. The summed E-state index contributed by atoms with van der Waals surface area (Å²) < 4.78 is 13.5. The van der Waals surface area contributed by atoms with Crippen molar-refractivity contribution in [2.75, 3.05) is 0 Å². The van der Waals surface area contributed by atoms with Crippen LogP contribution in [0.1, 0.15) is 34.8 Å². The number of carbonyl (C=O) groups is 1. The Morgan fingerprint density at radius 3 is 2.76 bits per heavy atom. The molecule has 0 unspecified atom stereocenters. The number of rotatable bonds is 5. The summed E-state index contributed by atoms with van der Waals surface area (Å²) >= 11 is 0. The van der Waals surface area contributed by atoms with E-state index in [0.717, 1.165) is 12.1 Å². The van der Waals surface area contributed by atoms with E-state index in [1.807, 2.05) is 0 Å². The zero-order valence-corrected chi connectivity index (χ0v) is 9.19. The van der Waals surface area contributed by atoms with Gasteiger partial charge in [-0.2, -0.15) is 0 Å². The number of allylic oxidation sites excluding steroid dienone is 1. The standard InChI is InChI=1S/C12H14FNO3/c1-2-3-4-9(14)10-8(13)6-5-7(11(10)15)12(16)17/h2,5-6,9,15H,1,3-4,14H2,(H,16,17)/t9-/m1/s1. The van der Waals surface area contributed by atoms with Crippen LogP contribution < -0.4 is 5.73 Å². The summed E-state index contributed by atoms with van der Waals surface area (Å²) in [5.74, 6) is -2.63. The molecule has 4 nitrogen and oxygen atoms in total. The van der Waals surface area contributed by atoms with E-state index in [-0.39, 0.29) is 11.1 Å². The van der Waals surface area contributed by atoms with Crippen LogP contribution in [0.3, 0.4) is 0 Å². The van der Waals surface area contributed by atoms with E-state index in [1.54, 1.807) is 6.08 Å². The molecule has 0 radical (unpaired) electrons. The first-order valence-corrected chi connectivity index (χ1v) is 5.10. The minimum Gasteiger partial charge on any atom is -0.507 e. The number of halogens is 1. The molecule has 1 atom stereocenters. The Bertz CT molecular complexity index is 446. The van der Waals surface area contributed by atoms with Crippen molar-refractivity contribution in [1.29, 1.82) is 0 Å². The van der Waals surface area contributed by atoms with Crippen molar-refractivity contribution in [1.82, 2.24) is 0 Å². The molecule has 0 fully saturated rings. The summed E-state index contributed by atoms with van der Waals surface area (Å²) in [5, 5.41) is 18.5. The monoisotopic (exact) mass is 239 g/mol. The van der Waals surface area contributed by atoms with Crippen molar-refractivity contribution in [3.63, 3.8) is 0 Å². The zero-order chi connectivity index (χ0) is 13.0. The molecule has 0 aromatic heterocycles. The third-order valence-corrected chi connectivity index (χ3v) is 2.45. The molecule has 17 heavy (non-hydrogen) atoms. The highest BCUT2D eigenvalue weighted by Crippen LogP contribution is 2.31. The Kier molecular flexibility index (Phi) is 4.23. The predicted octanol–water partition coefficient (Wildman–Crippen LogP) is 2.20.